The topological polar surface area (TPSA) is 79.9 Å². The fraction of sp³-hybridized carbons (Fsp3) is 0.417. The molecule has 1 aliphatic heterocycles. The number of rotatable bonds is 9. The van der Waals surface area contributed by atoms with E-state index >= 15 is 0 Å². The molecule has 0 saturated carbocycles. The lowest BCUT2D eigenvalue weighted by atomic mass is 10.0. The molecular formula is C24H31N3O4. The van der Waals surface area contributed by atoms with Gasteiger partial charge in [-0.25, -0.2) is 0 Å². The summed E-state index contributed by atoms with van der Waals surface area (Å²) in [7, 11) is 3.29. The summed E-state index contributed by atoms with van der Waals surface area (Å²) in [5, 5.41) is 5.83. The van der Waals surface area contributed by atoms with Crippen molar-refractivity contribution in [2.45, 2.75) is 32.4 Å². The number of ether oxygens (including phenoxy) is 2. The van der Waals surface area contributed by atoms with Gasteiger partial charge in [0, 0.05) is 26.2 Å². The second-order valence-electron chi connectivity index (χ2n) is 7.73. The molecule has 7 heteroatoms. The number of benzene rings is 2. The first-order chi connectivity index (χ1) is 15.0. The molecule has 2 amide bonds. The normalized spacial score (nSPS) is 16.5. The van der Waals surface area contributed by atoms with Gasteiger partial charge in [-0.15, -0.1) is 0 Å². The Labute approximate surface area is 183 Å². The van der Waals surface area contributed by atoms with Crippen LogP contribution in [0.2, 0.25) is 0 Å². The Morgan fingerprint density at radius 2 is 1.87 bits per heavy atom. The van der Waals surface area contributed by atoms with Gasteiger partial charge >= 0.3 is 0 Å². The Morgan fingerprint density at radius 1 is 1.13 bits per heavy atom. The zero-order valence-electron chi connectivity index (χ0n) is 18.4. The number of carbonyl (C=O) groups is 2. The highest BCUT2D eigenvalue weighted by Gasteiger charge is 2.31. The van der Waals surface area contributed by atoms with Crippen molar-refractivity contribution in [1.82, 2.24) is 15.5 Å². The fourth-order valence-electron chi connectivity index (χ4n) is 3.83. The summed E-state index contributed by atoms with van der Waals surface area (Å²) in [6.07, 6.45) is 0.866. The molecule has 1 unspecified atom stereocenters. The van der Waals surface area contributed by atoms with Crippen LogP contribution < -0.4 is 20.1 Å². The third-order valence-corrected chi connectivity index (χ3v) is 5.56. The number of nitrogens with zero attached hydrogens (tertiary/aromatic N) is 1. The van der Waals surface area contributed by atoms with E-state index in [2.05, 4.69) is 21.6 Å². The maximum absolute atomic E-state index is 12.5. The van der Waals surface area contributed by atoms with Gasteiger partial charge in [0.1, 0.15) is 11.5 Å². The minimum absolute atomic E-state index is 0.0956. The van der Waals surface area contributed by atoms with Crippen LogP contribution in [0.25, 0.3) is 0 Å². The number of piperazine rings is 1. The summed E-state index contributed by atoms with van der Waals surface area (Å²) < 4.78 is 10.5. The first-order valence-corrected chi connectivity index (χ1v) is 10.5. The molecular weight excluding hydrogens is 394 g/mol. The second-order valence-corrected chi connectivity index (χ2v) is 7.73. The van der Waals surface area contributed by atoms with Crippen LogP contribution in [0.4, 0.5) is 0 Å². The van der Waals surface area contributed by atoms with Gasteiger partial charge in [-0.3, -0.25) is 14.5 Å². The molecule has 2 aromatic rings. The highest BCUT2D eigenvalue weighted by atomic mass is 16.5. The minimum Gasteiger partial charge on any atom is -0.497 e. The van der Waals surface area contributed by atoms with Crippen molar-refractivity contribution in [2.24, 2.45) is 0 Å². The van der Waals surface area contributed by atoms with Crippen LogP contribution in [0.3, 0.4) is 0 Å². The fourth-order valence-corrected chi connectivity index (χ4v) is 3.83. The summed E-state index contributed by atoms with van der Waals surface area (Å²) in [4.78, 5) is 27.1. The van der Waals surface area contributed by atoms with Gasteiger partial charge in [0.25, 0.3) is 0 Å². The standard InChI is InChI=1S/C24H31N3O4/c1-17-14-19(6-9-22(17)31-3)16-27-13-12-26-24(29)21(27)15-23(28)25-11-10-18-4-7-20(30-2)8-5-18/h4-9,14,21H,10-13,15-16H2,1-3H3,(H,25,28)(H,26,29). The molecule has 2 aromatic carbocycles. The molecule has 0 aromatic heterocycles. The van der Waals surface area contributed by atoms with Gasteiger partial charge in [0.15, 0.2) is 0 Å². The summed E-state index contributed by atoms with van der Waals surface area (Å²) in [5.41, 5.74) is 3.26. The number of carbonyl (C=O) groups excluding carboxylic acids is 2. The maximum atomic E-state index is 12.5. The average molecular weight is 426 g/mol. The number of nitrogens with one attached hydrogen (secondary N) is 2. The average Bonchev–Trinajstić information content (AvgIpc) is 2.77. The van der Waals surface area contributed by atoms with E-state index in [1.54, 1.807) is 14.2 Å². The monoisotopic (exact) mass is 425 g/mol. The van der Waals surface area contributed by atoms with Crippen molar-refractivity contribution >= 4 is 11.8 Å². The van der Waals surface area contributed by atoms with Crippen LogP contribution in [-0.2, 0) is 22.6 Å². The van der Waals surface area contributed by atoms with Crippen LogP contribution >= 0.6 is 0 Å². The summed E-state index contributed by atoms with van der Waals surface area (Å²) in [5.74, 6) is 1.43. The molecule has 166 valence electrons. The van der Waals surface area contributed by atoms with E-state index in [-0.39, 0.29) is 18.2 Å². The van der Waals surface area contributed by atoms with E-state index < -0.39 is 6.04 Å². The molecule has 0 aliphatic carbocycles. The molecule has 1 fully saturated rings. The van der Waals surface area contributed by atoms with Crippen LogP contribution in [0, 0.1) is 6.92 Å². The first kappa shape index (κ1) is 22.6. The predicted molar refractivity (Wildman–Crippen MR) is 119 cm³/mol. The Balaban J connectivity index is 1.54. The molecule has 1 saturated heterocycles. The largest absolute Gasteiger partial charge is 0.497 e. The van der Waals surface area contributed by atoms with Crippen molar-refractivity contribution in [3.63, 3.8) is 0 Å². The van der Waals surface area contributed by atoms with E-state index in [0.717, 1.165) is 34.6 Å². The van der Waals surface area contributed by atoms with E-state index in [9.17, 15) is 9.59 Å². The minimum atomic E-state index is -0.475. The number of hydrogen-bond donors (Lipinski definition) is 2. The molecule has 0 spiro atoms. The number of hydrogen-bond acceptors (Lipinski definition) is 5. The highest BCUT2D eigenvalue weighted by molar-refractivity contribution is 5.88. The van der Waals surface area contributed by atoms with Gasteiger partial charge in [0.2, 0.25) is 11.8 Å². The molecule has 1 heterocycles. The molecule has 1 aliphatic rings. The van der Waals surface area contributed by atoms with Crippen LogP contribution in [0.15, 0.2) is 42.5 Å². The van der Waals surface area contributed by atoms with Crippen molar-refractivity contribution in [2.75, 3.05) is 33.9 Å². The number of methoxy groups -OCH3 is 2. The summed E-state index contributed by atoms with van der Waals surface area (Å²) in [6.45, 7) is 4.43. The zero-order valence-corrected chi connectivity index (χ0v) is 18.4. The molecule has 1 atom stereocenters. The maximum Gasteiger partial charge on any atom is 0.237 e. The van der Waals surface area contributed by atoms with Gasteiger partial charge < -0.3 is 20.1 Å². The van der Waals surface area contributed by atoms with Crippen molar-refractivity contribution in [3.05, 3.63) is 59.2 Å². The van der Waals surface area contributed by atoms with E-state index in [1.165, 1.54) is 0 Å². The Kier molecular flexibility index (Phi) is 7.89. The molecule has 7 nitrogen and oxygen atoms in total. The van der Waals surface area contributed by atoms with Gasteiger partial charge in [0.05, 0.1) is 26.7 Å². The molecule has 31 heavy (non-hydrogen) atoms. The van der Waals surface area contributed by atoms with Crippen LogP contribution in [0.1, 0.15) is 23.1 Å². The third kappa shape index (κ3) is 6.21. The third-order valence-electron chi connectivity index (χ3n) is 5.56. The van der Waals surface area contributed by atoms with Crippen molar-refractivity contribution in [3.8, 4) is 11.5 Å². The SMILES string of the molecule is COc1ccc(CCNC(=O)CC2C(=O)NCCN2Cc2ccc(OC)c(C)c2)cc1. The lowest BCUT2D eigenvalue weighted by molar-refractivity contribution is -0.134. The predicted octanol–water partition coefficient (Wildman–Crippen LogP) is 2.06. The van der Waals surface area contributed by atoms with Gasteiger partial charge in [-0.2, -0.15) is 0 Å². The van der Waals surface area contributed by atoms with Crippen LogP contribution in [0.5, 0.6) is 11.5 Å². The molecule has 3 rings (SSSR count). The van der Waals surface area contributed by atoms with Crippen LogP contribution in [-0.4, -0.2) is 56.6 Å². The Bertz CT molecular complexity index is 898. The van der Waals surface area contributed by atoms with E-state index in [0.29, 0.717) is 26.2 Å². The second kappa shape index (κ2) is 10.8. The number of amides is 2. The number of aryl methyl sites for hydroxylation is 1. The van der Waals surface area contributed by atoms with Gasteiger partial charge in [-0.1, -0.05) is 24.3 Å². The zero-order chi connectivity index (χ0) is 22.2. The van der Waals surface area contributed by atoms with Gasteiger partial charge in [-0.05, 0) is 48.2 Å². The molecule has 0 radical (unpaired) electrons. The lowest BCUT2D eigenvalue weighted by Gasteiger charge is -2.34. The van der Waals surface area contributed by atoms with E-state index in [1.807, 2.05) is 43.3 Å². The molecule has 2 N–H and O–H groups in total. The Hall–Kier alpha value is -3.06. The van der Waals surface area contributed by atoms with Crippen molar-refractivity contribution < 1.29 is 19.1 Å². The first-order valence-electron chi connectivity index (χ1n) is 10.5. The lowest BCUT2D eigenvalue weighted by Crippen LogP contribution is -2.56. The van der Waals surface area contributed by atoms with Crippen molar-refractivity contribution in [1.29, 1.82) is 0 Å². The quantitative estimate of drug-likeness (QED) is 0.643. The Morgan fingerprint density at radius 3 is 2.55 bits per heavy atom. The highest BCUT2D eigenvalue weighted by Crippen LogP contribution is 2.21. The smallest absolute Gasteiger partial charge is 0.237 e. The molecule has 0 bridgehead atoms. The van der Waals surface area contributed by atoms with E-state index in [4.69, 9.17) is 9.47 Å². The summed E-state index contributed by atoms with van der Waals surface area (Å²) in [6, 6.07) is 13.3. The summed E-state index contributed by atoms with van der Waals surface area (Å²) >= 11 is 0.